The lowest BCUT2D eigenvalue weighted by molar-refractivity contribution is -0.917. The van der Waals surface area contributed by atoms with E-state index in [1.807, 2.05) is 23.1 Å². The van der Waals surface area contributed by atoms with Crippen molar-refractivity contribution in [3.8, 4) is 11.5 Å². The molecule has 1 aromatic heterocycles. The smallest absolute Gasteiger partial charge is 0.246 e. The van der Waals surface area contributed by atoms with Crippen LogP contribution in [0, 0.1) is 0 Å². The number of carbonyl (C=O) groups is 1. The first-order valence-electron chi connectivity index (χ1n) is 8.74. The number of thiophene rings is 1. The maximum Gasteiger partial charge on any atom is 0.246 e. The van der Waals surface area contributed by atoms with E-state index >= 15 is 0 Å². The van der Waals surface area contributed by atoms with Gasteiger partial charge in [-0.05, 0) is 29.0 Å². The molecule has 1 aromatic carbocycles. The number of methoxy groups -OCH3 is 2. The fourth-order valence-electron chi connectivity index (χ4n) is 3.21. The second kappa shape index (κ2) is 8.87. The van der Waals surface area contributed by atoms with Crippen molar-refractivity contribution in [2.45, 2.75) is 6.54 Å². The molecule has 1 aliphatic rings. The molecule has 2 heterocycles. The molecule has 0 radical (unpaired) electrons. The first-order chi connectivity index (χ1) is 12.7. The van der Waals surface area contributed by atoms with Gasteiger partial charge < -0.3 is 19.3 Å². The summed E-state index contributed by atoms with van der Waals surface area (Å²) in [5, 5.41) is 4.32. The number of ether oxygens (including phenoxy) is 2. The number of nitrogens with zero attached hydrogens (tertiary/aromatic N) is 1. The summed E-state index contributed by atoms with van der Waals surface area (Å²) in [6.07, 6.45) is 3.43. The largest absolute Gasteiger partial charge is 0.493 e. The number of carbonyl (C=O) groups excluding carboxylic acids is 1. The summed E-state index contributed by atoms with van der Waals surface area (Å²) in [5.74, 6) is 1.35. The van der Waals surface area contributed by atoms with Crippen LogP contribution in [0.1, 0.15) is 11.1 Å². The molecule has 0 atom stereocenters. The van der Waals surface area contributed by atoms with Crippen molar-refractivity contribution < 1.29 is 19.2 Å². The number of hydrogen-bond donors (Lipinski definition) is 1. The van der Waals surface area contributed by atoms with E-state index < -0.39 is 0 Å². The lowest BCUT2D eigenvalue weighted by atomic mass is 10.1. The van der Waals surface area contributed by atoms with Gasteiger partial charge in [0, 0.05) is 17.2 Å². The van der Waals surface area contributed by atoms with Crippen LogP contribution in [0.2, 0.25) is 0 Å². The van der Waals surface area contributed by atoms with Crippen molar-refractivity contribution in [1.29, 1.82) is 0 Å². The predicted molar refractivity (Wildman–Crippen MR) is 104 cm³/mol. The zero-order chi connectivity index (χ0) is 18.4. The van der Waals surface area contributed by atoms with Gasteiger partial charge in [0.2, 0.25) is 5.91 Å². The molecule has 1 aliphatic heterocycles. The van der Waals surface area contributed by atoms with Gasteiger partial charge in [0.05, 0.1) is 40.4 Å². The Morgan fingerprint density at radius 3 is 2.69 bits per heavy atom. The Labute approximate surface area is 158 Å². The average molecular weight is 373 g/mol. The fourth-order valence-corrected chi connectivity index (χ4v) is 3.88. The summed E-state index contributed by atoms with van der Waals surface area (Å²) in [7, 11) is 3.21. The van der Waals surface area contributed by atoms with Gasteiger partial charge in [-0.2, -0.15) is 11.3 Å². The summed E-state index contributed by atoms with van der Waals surface area (Å²) in [6.45, 7) is 4.59. The Bertz CT molecular complexity index is 750. The summed E-state index contributed by atoms with van der Waals surface area (Å²) >= 11 is 1.74. The monoisotopic (exact) mass is 373 g/mol. The van der Waals surface area contributed by atoms with Crippen LogP contribution in [0.3, 0.4) is 0 Å². The van der Waals surface area contributed by atoms with Gasteiger partial charge in [-0.15, -0.1) is 0 Å². The fraction of sp³-hybridized carbons (Fsp3) is 0.350. The molecular weight excluding hydrogens is 348 g/mol. The third kappa shape index (κ3) is 4.45. The van der Waals surface area contributed by atoms with E-state index in [4.69, 9.17) is 9.47 Å². The van der Waals surface area contributed by atoms with Crippen molar-refractivity contribution in [2.24, 2.45) is 0 Å². The van der Waals surface area contributed by atoms with Gasteiger partial charge in [0.25, 0.3) is 0 Å². The van der Waals surface area contributed by atoms with E-state index in [2.05, 4.69) is 16.8 Å². The van der Waals surface area contributed by atoms with Crippen molar-refractivity contribution in [1.82, 2.24) is 4.90 Å². The Balaban J connectivity index is 1.57. The standard InChI is InChI=1S/C20H24N2O3S/c1-24-18-5-3-4-17(20(18)25-2)6-7-19(23)22-11-9-21(10-12-22)14-16-8-13-26-15-16/h3-8,13,15H,9-12,14H2,1-2H3/p+1/b7-6+. The van der Waals surface area contributed by atoms with Crippen molar-refractivity contribution in [2.75, 3.05) is 40.4 Å². The normalized spacial score (nSPS) is 15.4. The highest BCUT2D eigenvalue weighted by molar-refractivity contribution is 7.07. The van der Waals surface area contributed by atoms with Gasteiger partial charge >= 0.3 is 0 Å². The van der Waals surface area contributed by atoms with E-state index in [1.54, 1.807) is 37.7 Å². The second-order valence-corrected chi connectivity index (χ2v) is 7.08. The molecule has 0 unspecified atom stereocenters. The van der Waals surface area contributed by atoms with E-state index in [9.17, 15) is 4.79 Å². The molecule has 1 amide bonds. The summed E-state index contributed by atoms with van der Waals surface area (Å²) in [4.78, 5) is 16.0. The van der Waals surface area contributed by atoms with E-state index in [0.29, 0.717) is 11.5 Å². The van der Waals surface area contributed by atoms with Crippen LogP contribution in [0.4, 0.5) is 0 Å². The van der Waals surface area contributed by atoms with E-state index in [1.165, 1.54) is 10.5 Å². The Hall–Kier alpha value is -2.31. The summed E-state index contributed by atoms with van der Waals surface area (Å²) in [6, 6.07) is 7.82. The van der Waals surface area contributed by atoms with Gasteiger partial charge in [-0.25, -0.2) is 0 Å². The molecule has 0 aliphatic carbocycles. The third-order valence-corrected chi connectivity index (χ3v) is 5.39. The van der Waals surface area contributed by atoms with Crippen LogP contribution in [0.25, 0.3) is 6.08 Å². The molecule has 138 valence electrons. The Morgan fingerprint density at radius 1 is 1.23 bits per heavy atom. The highest BCUT2D eigenvalue weighted by atomic mass is 32.1. The van der Waals surface area contributed by atoms with Crippen molar-refractivity contribution in [3.05, 3.63) is 52.2 Å². The quantitative estimate of drug-likeness (QED) is 0.784. The first-order valence-corrected chi connectivity index (χ1v) is 9.68. The summed E-state index contributed by atoms with van der Waals surface area (Å²) < 4.78 is 10.7. The molecule has 1 fully saturated rings. The maximum absolute atomic E-state index is 12.5. The first kappa shape index (κ1) is 18.5. The van der Waals surface area contributed by atoms with E-state index in [0.717, 1.165) is 38.3 Å². The molecule has 2 aromatic rings. The molecule has 1 saturated heterocycles. The number of benzene rings is 1. The molecule has 0 bridgehead atoms. The number of para-hydroxylation sites is 1. The zero-order valence-corrected chi connectivity index (χ0v) is 16.1. The number of quaternary nitrogens is 1. The molecule has 26 heavy (non-hydrogen) atoms. The zero-order valence-electron chi connectivity index (χ0n) is 15.2. The van der Waals surface area contributed by atoms with Crippen LogP contribution in [0.15, 0.2) is 41.1 Å². The van der Waals surface area contributed by atoms with Gasteiger partial charge in [0.1, 0.15) is 6.54 Å². The molecule has 6 heteroatoms. The molecule has 0 saturated carbocycles. The minimum atomic E-state index is 0.0458. The van der Waals surface area contributed by atoms with Crippen LogP contribution in [0.5, 0.6) is 11.5 Å². The maximum atomic E-state index is 12.5. The van der Waals surface area contributed by atoms with Gasteiger partial charge in [-0.3, -0.25) is 4.79 Å². The Morgan fingerprint density at radius 2 is 2.04 bits per heavy atom. The minimum absolute atomic E-state index is 0.0458. The molecule has 0 spiro atoms. The predicted octanol–water partition coefficient (Wildman–Crippen LogP) is 1.71. The van der Waals surface area contributed by atoms with Crippen LogP contribution >= 0.6 is 11.3 Å². The van der Waals surface area contributed by atoms with Crippen LogP contribution < -0.4 is 14.4 Å². The lowest BCUT2D eigenvalue weighted by Gasteiger charge is -2.31. The van der Waals surface area contributed by atoms with Gasteiger partial charge in [0.15, 0.2) is 11.5 Å². The average Bonchev–Trinajstić information content (AvgIpc) is 3.19. The lowest BCUT2D eigenvalue weighted by Crippen LogP contribution is -3.13. The van der Waals surface area contributed by atoms with Crippen molar-refractivity contribution in [3.63, 3.8) is 0 Å². The Kier molecular flexibility index (Phi) is 6.30. The highest BCUT2D eigenvalue weighted by Crippen LogP contribution is 2.31. The van der Waals surface area contributed by atoms with Crippen molar-refractivity contribution >= 4 is 23.3 Å². The summed E-state index contributed by atoms with van der Waals surface area (Å²) in [5.41, 5.74) is 2.22. The van der Waals surface area contributed by atoms with Gasteiger partial charge in [-0.1, -0.05) is 12.1 Å². The van der Waals surface area contributed by atoms with Crippen LogP contribution in [-0.2, 0) is 11.3 Å². The minimum Gasteiger partial charge on any atom is -0.493 e. The SMILES string of the molecule is COc1cccc(/C=C/C(=O)N2CC[NH+](Cc3ccsc3)CC2)c1OC. The second-order valence-electron chi connectivity index (χ2n) is 6.30. The molecular formula is C20H25N2O3S+. The number of nitrogens with one attached hydrogen (secondary N) is 1. The number of rotatable bonds is 6. The highest BCUT2D eigenvalue weighted by Gasteiger charge is 2.22. The third-order valence-electron chi connectivity index (χ3n) is 4.66. The molecule has 5 nitrogen and oxygen atoms in total. The topological polar surface area (TPSA) is 43.2 Å². The molecule has 1 N–H and O–H groups in total. The van der Waals surface area contributed by atoms with Crippen LogP contribution in [-0.4, -0.2) is 51.2 Å². The molecule has 3 rings (SSSR count). The number of piperazine rings is 1. The number of amides is 1. The number of hydrogen-bond acceptors (Lipinski definition) is 4. The van der Waals surface area contributed by atoms with E-state index in [-0.39, 0.29) is 5.91 Å².